The van der Waals surface area contributed by atoms with Crippen LogP contribution in [0.2, 0.25) is 0 Å². The fraction of sp³-hybridized carbons (Fsp3) is 0.111. The molecule has 2 aromatic rings. The molecule has 0 radical (unpaired) electrons. The van der Waals surface area contributed by atoms with Gasteiger partial charge >= 0.3 is 23.5 Å². The van der Waals surface area contributed by atoms with Crippen molar-refractivity contribution in [3.05, 3.63) is 71.8 Å². The standard InChI is InChI=1S/C18H14O8.ClH/c19-13(11-7-3-1-4-8-11)18(17(24)25,14(20)15(21)22)26-16(23)12-9-5-2-6-10-12;/h1-10,14,20H,(H,21,22)(H,24,25);1H. The summed E-state index contributed by atoms with van der Waals surface area (Å²) in [4.78, 5) is 48.1. The van der Waals surface area contributed by atoms with E-state index in [-0.39, 0.29) is 23.5 Å². The molecule has 8 nitrogen and oxygen atoms in total. The molecule has 2 rings (SSSR count). The molecule has 0 bridgehead atoms. The summed E-state index contributed by atoms with van der Waals surface area (Å²) in [5, 5.41) is 28.6. The molecule has 0 aromatic heterocycles. The SMILES string of the molecule is Cl.O=C(OC(C(=O)O)(C(=O)c1ccccc1)C(O)C(=O)O)c1ccccc1. The van der Waals surface area contributed by atoms with Crippen LogP contribution >= 0.6 is 12.4 Å². The van der Waals surface area contributed by atoms with E-state index in [1.807, 2.05) is 0 Å². The molecule has 0 spiro atoms. The Hall–Kier alpha value is -3.23. The lowest BCUT2D eigenvalue weighted by atomic mass is 9.87. The van der Waals surface area contributed by atoms with Crippen LogP contribution in [0.4, 0.5) is 0 Å². The number of carbonyl (C=O) groups excluding carboxylic acids is 2. The van der Waals surface area contributed by atoms with Gasteiger partial charge in [0.1, 0.15) is 0 Å². The van der Waals surface area contributed by atoms with Gasteiger partial charge in [-0.1, -0.05) is 48.5 Å². The molecule has 0 amide bonds. The topological polar surface area (TPSA) is 138 Å². The second-order valence-corrected chi connectivity index (χ2v) is 5.23. The third-order valence-electron chi connectivity index (χ3n) is 3.57. The van der Waals surface area contributed by atoms with E-state index in [0.717, 1.165) is 0 Å². The fourth-order valence-electron chi connectivity index (χ4n) is 2.24. The summed E-state index contributed by atoms with van der Waals surface area (Å²) < 4.78 is 4.81. The summed E-state index contributed by atoms with van der Waals surface area (Å²) in [7, 11) is 0. The van der Waals surface area contributed by atoms with Crippen molar-refractivity contribution in [2.45, 2.75) is 11.7 Å². The Labute approximate surface area is 159 Å². The number of rotatable bonds is 7. The number of esters is 1. The molecule has 0 aliphatic carbocycles. The van der Waals surface area contributed by atoms with E-state index in [1.54, 1.807) is 12.1 Å². The van der Waals surface area contributed by atoms with Crippen molar-refractivity contribution < 1.29 is 39.2 Å². The fourth-order valence-corrected chi connectivity index (χ4v) is 2.24. The van der Waals surface area contributed by atoms with E-state index in [4.69, 9.17) is 9.84 Å². The number of carboxylic acids is 2. The maximum Gasteiger partial charge on any atom is 0.360 e. The highest BCUT2D eigenvalue weighted by atomic mass is 35.5. The Morgan fingerprint density at radius 1 is 0.815 bits per heavy atom. The van der Waals surface area contributed by atoms with Gasteiger partial charge in [0, 0.05) is 5.56 Å². The van der Waals surface area contributed by atoms with Crippen LogP contribution in [0.5, 0.6) is 0 Å². The molecule has 0 heterocycles. The molecule has 0 aliphatic rings. The van der Waals surface area contributed by atoms with E-state index in [2.05, 4.69) is 0 Å². The first-order valence-electron chi connectivity index (χ1n) is 7.33. The quantitative estimate of drug-likeness (QED) is 0.364. The number of carbonyl (C=O) groups is 4. The minimum absolute atomic E-state index is 0. The van der Waals surface area contributed by atoms with Gasteiger partial charge in [0.05, 0.1) is 5.56 Å². The third kappa shape index (κ3) is 4.30. The van der Waals surface area contributed by atoms with Crippen molar-refractivity contribution in [1.82, 2.24) is 0 Å². The molecule has 142 valence electrons. The summed E-state index contributed by atoms with van der Waals surface area (Å²) >= 11 is 0. The number of benzene rings is 2. The van der Waals surface area contributed by atoms with Crippen LogP contribution in [0.15, 0.2) is 60.7 Å². The maximum atomic E-state index is 12.7. The lowest BCUT2D eigenvalue weighted by Gasteiger charge is -2.30. The monoisotopic (exact) mass is 394 g/mol. The van der Waals surface area contributed by atoms with Gasteiger partial charge in [-0.15, -0.1) is 12.4 Å². The smallest absolute Gasteiger partial charge is 0.360 e. The zero-order valence-corrected chi connectivity index (χ0v) is 14.5. The molecule has 0 saturated heterocycles. The second kappa shape index (κ2) is 8.93. The van der Waals surface area contributed by atoms with Crippen LogP contribution in [-0.4, -0.2) is 50.7 Å². The normalized spacial score (nSPS) is 13.4. The van der Waals surface area contributed by atoms with Gasteiger partial charge in [0.2, 0.25) is 11.9 Å². The lowest BCUT2D eigenvalue weighted by molar-refractivity contribution is -0.176. The van der Waals surface area contributed by atoms with E-state index >= 15 is 0 Å². The first-order valence-corrected chi connectivity index (χ1v) is 7.33. The first kappa shape index (κ1) is 21.8. The molecule has 2 atom stereocenters. The first-order chi connectivity index (χ1) is 12.3. The number of carboxylic acid groups (broad SMARTS) is 2. The van der Waals surface area contributed by atoms with Crippen LogP contribution < -0.4 is 0 Å². The molecule has 2 unspecified atom stereocenters. The Bertz CT molecular complexity index is 837. The summed E-state index contributed by atoms with van der Waals surface area (Å²) in [6.45, 7) is 0. The van der Waals surface area contributed by atoms with Gasteiger partial charge in [-0.25, -0.2) is 14.4 Å². The van der Waals surface area contributed by atoms with Crippen LogP contribution in [0, 0.1) is 0 Å². The highest BCUT2D eigenvalue weighted by Crippen LogP contribution is 2.25. The molecule has 3 N–H and O–H groups in total. The van der Waals surface area contributed by atoms with E-state index in [0.29, 0.717) is 0 Å². The Kier molecular flexibility index (Phi) is 7.21. The minimum Gasteiger partial charge on any atom is -0.479 e. The Balaban J connectivity index is 0.00000364. The molecule has 27 heavy (non-hydrogen) atoms. The van der Waals surface area contributed by atoms with Crippen molar-refractivity contribution in [2.24, 2.45) is 0 Å². The van der Waals surface area contributed by atoms with Crippen molar-refractivity contribution >= 4 is 36.1 Å². The largest absolute Gasteiger partial charge is 0.479 e. The van der Waals surface area contributed by atoms with E-state index in [9.17, 15) is 29.4 Å². The number of hydrogen-bond acceptors (Lipinski definition) is 6. The van der Waals surface area contributed by atoms with Crippen LogP contribution in [0.3, 0.4) is 0 Å². The van der Waals surface area contributed by atoms with Gasteiger partial charge in [-0.05, 0) is 12.1 Å². The minimum atomic E-state index is -3.35. The molecule has 9 heteroatoms. The molecule has 0 aliphatic heterocycles. The number of Topliss-reactive ketones (excluding diaryl/α,β-unsaturated/α-hetero) is 1. The summed E-state index contributed by atoms with van der Waals surface area (Å²) in [5.41, 5.74) is -3.70. The van der Waals surface area contributed by atoms with Crippen molar-refractivity contribution in [2.75, 3.05) is 0 Å². The average molecular weight is 395 g/mol. The number of aliphatic hydroxyl groups is 1. The number of ether oxygens (including phenoxy) is 1. The molecule has 0 saturated carbocycles. The van der Waals surface area contributed by atoms with E-state index < -0.39 is 35.4 Å². The maximum absolute atomic E-state index is 12.7. The van der Waals surface area contributed by atoms with Gasteiger partial charge in [0.25, 0.3) is 0 Å². The molecular formula is C18H15ClO8. The van der Waals surface area contributed by atoms with Crippen molar-refractivity contribution in [3.63, 3.8) is 0 Å². The predicted octanol–water partition coefficient (Wildman–Crippen LogP) is 1.42. The number of aliphatic carboxylic acids is 2. The third-order valence-corrected chi connectivity index (χ3v) is 3.57. The number of ketones is 1. The van der Waals surface area contributed by atoms with Crippen LogP contribution in [0.1, 0.15) is 20.7 Å². The van der Waals surface area contributed by atoms with Crippen LogP contribution in [0.25, 0.3) is 0 Å². The molecular weight excluding hydrogens is 380 g/mol. The zero-order chi connectivity index (χ0) is 19.3. The van der Waals surface area contributed by atoms with Crippen LogP contribution in [-0.2, 0) is 14.3 Å². The van der Waals surface area contributed by atoms with Gasteiger partial charge < -0.3 is 20.1 Å². The zero-order valence-electron chi connectivity index (χ0n) is 13.6. The Morgan fingerprint density at radius 3 is 1.67 bits per heavy atom. The Morgan fingerprint density at radius 2 is 1.26 bits per heavy atom. The highest BCUT2D eigenvalue weighted by Gasteiger charge is 2.59. The van der Waals surface area contributed by atoms with Gasteiger partial charge in [-0.3, -0.25) is 4.79 Å². The average Bonchev–Trinajstić information content (AvgIpc) is 2.65. The molecule has 0 fully saturated rings. The number of halogens is 1. The molecule has 2 aromatic carbocycles. The number of hydrogen-bond donors (Lipinski definition) is 3. The van der Waals surface area contributed by atoms with Crippen molar-refractivity contribution in [3.8, 4) is 0 Å². The predicted molar refractivity (Wildman–Crippen MR) is 93.9 cm³/mol. The summed E-state index contributed by atoms with van der Waals surface area (Å²) in [6.07, 6.45) is -2.82. The lowest BCUT2D eigenvalue weighted by Crippen LogP contribution is -2.61. The van der Waals surface area contributed by atoms with Gasteiger partial charge in [-0.2, -0.15) is 0 Å². The summed E-state index contributed by atoms with van der Waals surface area (Å²) in [5.74, 6) is -6.77. The summed E-state index contributed by atoms with van der Waals surface area (Å²) in [6, 6.07) is 13.9. The van der Waals surface area contributed by atoms with Crippen molar-refractivity contribution in [1.29, 1.82) is 0 Å². The highest BCUT2D eigenvalue weighted by molar-refractivity contribution is 6.19. The second-order valence-electron chi connectivity index (χ2n) is 5.23. The van der Waals surface area contributed by atoms with Gasteiger partial charge in [0.15, 0.2) is 0 Å². The number of aliphatic hydroxyl groups excluding tert-OH is 1. The van der Waals surface area contributed by atoms with E-state index in [1.165, 1.54) is 48.5 Å².